The standard InChI is InChI=1S/C23H27FN4O3/c24-18-6-8-20(9-7-18)27-10-12-28(13-11-27)23(25-16-21-5-2-14-31-21)26-19-4-1-3-17(15-19)22(29)30/h1,3-4,6-9,15,21H,2,5,10-14,16H2,(H,25,26)(H,29,30)/t21-/m0/s1. The normalized spacial score (nSPS) is 19.5. The summed E-state index contributed by atoms with van der Waals surface area (Å²) >= 11 is 0. The zero-order chi connectivity index (χ0) is 21.6. The topological polar surface area (TPSA) is 77.4 Å². The molecule has 0 aromatic heterocycles. The Morgan fingerprint density at radius 1 is 1.16 bits per heavy atom. The van der Waals surface area contributed by atoms with E-state index in [1.807, 2.05) is 6.07 Å². The van der Waals surface area contributed by atoms with E-state index in [4.69, 9.17) is 9.73 Å². The lowest BCUT2D eigenvalue weighted by Crippen LogP contribution is -2.51. The van der Waals surface area contributed by atoms with Gasteiger partial charge in [0.15, 0.2) is 5.96 Å². The van der Waals surface area contributed by atoms with Gasteiger partial charge in [-0.2, -0.15) is 0 Å². The van der Waals surface area contributed by atoms with E-state index in [-0.39, 0.29) is 17.5 Å². The van der Waals surface area contributed by atoms with Crippen LogP contribution in [0.25, 0.3) is 0 Å². The predicted octanol–water partition coefficient (Wildman–Crippen LogP) is 3.29. The fourth-order valence-corrected chi connectivity index (χ4v) is 3.88. The highest BCUT2D eigenvalue weighted by Crippen LogP contribution is 2.19. The summed E-state index contributed by atoms with van der Waals surface area (Å²) in [5.74, 6) is -0.482. The van der Waals surface area contributed by atoms with Gasteiger partial charge in [-0.15, -0.1) is 0 Å². The number of carbonyl (C=O) groups is 1. The number of anilines is 2. The Bertz CT molecular complexity index is 921. The highest BCUT2D eigenvalue weighted by molar-refractivity contribution is 5.96. The molecule has 31 heavy (non-hydrogen) atoms. The number of carboxylic acids is 1. The number of nitrogens with one attached hydrogen (secondary N) is 1. The van der Waals surface area contributed by atoms with Crippen LogP contribution in [0.4, 0.5) is 15.8 Å². The molecule has 2 fully saturated rings. The van der Waals surface area contributed by atoms with Gasteiger partial charge in [0.25, 0.3) is 0 Å². The quantitative estimate of drug-likeness (QED) is 0.564. The van der Waals surface area contributed by atoms with E-state index >= 15 is 0 Å². The van der Waals surface area contributed by atoms with Gasteiger partial charge in [-0.1, -0.05) is 6.07 Å². The first-order valence-electron chi connectivity index (χ1n) is 10.6. The number of hydrogen-bond donors (Lipinski definition) is 2. The number of piperazine rings is 1. The minimum absolute atomic E-state index is 0.127. The van der Waals surface area contributed by atoms with Crippen molar-refractivity contribution < 1.29 is 19.0 Å². The molecule has 2 saturated heterocycles. The molecule has 2 aliphatic heterocycles. The summed E-state index contributed by atoms with van der Waals surface area (Å²) < 4.78 is 18.9. The van der Waals surface area contributed by atoms with Crippen molar-refractivity contribution in [3.8, 4) is 0 Å². The highest BCUT2D eigenvalue weighted by atomic mass is 19.1. The van der Waals surface area contributed by atoms with Crippen LogP contribution in [0.1, 0.15) is 23.2 Å². The number of hydrogen-bond acceptors (Lipinski definition) is 4. The van der Waals surface area contributed by atoms with E-state index in [1.54, 1.807) is 30.3 Å². The van der Waals surface area contributed by atoms with Gasteiger partial charge in [0, 0.05) is 44.2 Å². The molecule has 4 rings (SSSR count). The monoisotopic (exact) mass is 426 g/mol. The van der Waals surface area contributed by atoms with Crippen molar-refractivity contribution in [2.45, 2.75) is 18.9 Å². The Kier molecular flexibility index (Phi) is 6.66. The number of carboxylic acid groups (broad SMARTS) is 1. The number of rotatable bonds is 5. The number of aliphatic imine (C=N–C) groups is 1. The maximum absolute atomic E-state index is 13.2. The lowest BCUT2D eigenvalue weighted by molar-refractivity contribution is 0.0697. The minimum Gasteiger partial charge on any atom is -0.478 e. The lowest BCUT2D eigenvalue weighted by atomic mass is 10.2. The van der Waals surface area contributed by atoms with E-state index in [2.05, 4.69) is 15.1 Å². The van der Waals surface area contributed by atoms with Gasteiger partial charge in [-0.05, 0) is 55.3 Å². The average Bonchev–Trinajstić information content (AvgIpc) is 3.31. The van der Waals surface area contributed by atoms with Gasteiger partial charge in [0.1, 0.15) is 5.82 Å². The Morgan fingerprint density at radius 3 is 2.61 bits per heavy atom. The molecule has 0 radical (unpaired) electrons. The molecule has 0 bridgehead atoms. The molecule has 0 amide bonds. The third-order valence-corrected chi connectivity index (χ3v) is 5.61. The van der Waals surface area contributed by atoms with Gasteiger partial charge in [0.2, 0.25) is 0 Å². The summed E-state index contributed by atoms with van der Waals surface area (Å²) in [4.78, 5) is 20.5. The second-order valence-corrected chi connectivity index (χ2v) is 7.76. The maximum atomic E-state index is 13.2. The third-order valence-electron chi connectivity index (χ3n) is 5.61. The molecule has 0 unspecified atom stereocenters. The first-order chi connectivity index (χ1) is 15.1. The van der Waals surface area contributed by atoms with Crippen LogP contribution in [-0.4, -0.2) is 67.4 Å². The first kappa shape index (κ1) is 21.1. The van der Waals surface area contributed by atoms with Crippen molar-refractivity contribution in [2.24, 2.45) is 4.99 Å². The summed E-state index contributed by atoms with van der Waals surface area (Å²) in [5, 5.41) is 12.6. The van der Waals surface area contributed by atoms with Crippen LogP contribution in [0.5, 0.6) is 0 Å². The molecule has 2 N–H and O–H groups in total. The summed E-state index contributed by atoms with van der Waals surface area (Å²) in [6, 6.07) is 13.3. The van der Waals surface area contributed by atoms with E-state index < -0.39 is 5.97 Å². The molecular weight excluding hydrogens is 399 g/mol. The molecule has 2 aromatic rings. The van der Waals surface area contributed by atoms with Crippen LogP contribution in [0.3, 0.4) is 0 Å². The lowest BCUT2D eigenvalue weighted by Gasteiger charge is -2.38. The van der Waals surface area contributed by atoms with E-state index in [0.29, 0.717) is 12.2 Å². The van der Waals surface area contributed by atoms with Crippen LogP contribution >= 0.6 is 0 Å². The second kappa shape index (κ2) is 9.78. The molecule has 7 nitrogen and oxygen atoms in total. The van der Waals surface area contributed by atoms with Crippen molar-refractivity contribution in [1.29, 1.82) is 0 Å². The summed E-state index contributed by atoms with van der Waals surface area (Å²) in [6.07, 6.45) is 2.19. The number of benzene rings is 2. The number of guanidine groups is 1. The fraction of sp³-hybridized carbons (Fsp3) is 0.391. The Labute approximate surface area is 181 Å². The van der Waals surface area contributed by atoms with E-state index in [1.165, 1.54) is 12.1 Å². The van der Waals surface area contributed by atoms with Gasteiger partial charge in [-0.3, -0.25) is 4.99 Å². The van der Waals surface area contributed by atoms with Crippen LogP contribution in [-0.2, 0) is 4.74 Å². The fourth-order valence-electron chi connectivity index (χ4n) is 3.88. The van der Waals surface area contributed by atoms with Crippen molar-refractivity contribution in [1.82, 2.24) is 4.90 Å². The largest absolute Gasteiger partial charge is 0.478 e. The van der Waals surface area contributed by atoms with Crippen molar-refractivity contribution in [2.75, 3.05) is 49.5 Å². The SMILES string of the molecule is O=C(O)c1cccc(NC(=NC[C@@H]2CCCO2)N2CCN(c3ccc(F)cc3)CC2)c1. The zero-order valence-electron chi connectivity index (χ0n) is 17.3. The van der Waals surface area contributed by atoms with Crippen molar-refractivity contribution in [3.63, 3.8) is 0 Å². The molecule has 164 valence electrons. The maximum Gasteiger partial charge on any atom is 0.335 e. The molecule has 2 aliphatic rings. The average molecular weight is 426 g/mol. The molecule has 2 aromatic carbocycles. The van der Waals surface area contributed by atoms with Crippen LogP contribution < -0.4 is 10.2 Å². The predicted molar refractivity (Wildman–Crippen MR) is 118 cm³/mol. The second-order valence-electron chi connectivity index (χ2n) is 7.76. The Balaban J connectivity index is 1.46. The number of ether oxygens (including phenoxy) is 1. The number of nitrogens with zero attached hydrogens (tertiary/aromatic N) is 3. The number of aromatic carboxylic acids is 1. The van der Waals surface area contributed by atoms with Crippen LogP contribution in [0.15, 0.2) is 53.5 Å². The van der Waals surface area contributed by atoms with Crippen molar-refractivity contribution >= 4 is 23.3 Å². The molecule has 1 atom stereocenters. The number of halogens is 1. The van der Waals surface area contributed by atoms with Crippen molar-refractivity contribution in [3.05, 3.63) is 59.9 Å². The highest BCUT2D eigenvalue weighted by Gasteiger charge is 2.22. The van der Waals surface area contributed by atoms with Crippen LogP contribution in [0.2, 0.25) is 0 Å². The Morgan fingerprint density at radius 2 is 1.94 bits per heavy atom. The van der Waals surface area contributed by atoms with Gasteiger partial charge in [-0.25, -0.2) is 9.18 Å². The summed E-state index contributed by atoms with van der Waals surface area (Å²) in [7, 11) is 0. The molecule has 0 spiro atoms. The van der Waals surface area contributed by atoms with E-state index in [9.17, 15) is 14.3 Å². The molecule has 0 saturated carbocycles. The van der Waals surface area contributed by atoms with E-state index in [0.717, 1.165) is 57.3 Å². The summed E-state index contributed by atoms with van der Waals surface area (Å²) in [6.45, 7) is 4.39. The van der Waals surface area contributed by atoms with Gasteiger partial charge in [0.05, 0.1) is 18.2 Å². The first-order valence-corrected chi connectivity index (χ1v) is 10.6. The molecule has 2 heterocycles. The van der Waals surface area contributed by atoms with Gasteiger partial charge < -0.3 is 25.0 Å². The smallest absolute Gasteiger partial charge is 0.335 e. The van der Waals surface area contributed by atoms with Gasteiger partial charge >= 0.3 is 5.97 Å². The minimum atomic E-state index is -0.964. The third kappa shape index (κ3) is 5.52. The molecular formula is C23H27FN4O3. The Hall–Kier alpha value is -3.13. The summed E-state index contributed by atoms with van der Waals surface area (Å²) in [5.41, 5.74) is 1.91. The zero-order valence-corrected chi connectivity index (χ0v) is 17.3. The molecule has 8 heteroatoms. The van der Waals surface area contributed by atoms with Crippen LogP contribution in [0, 0.1) is 5.82 Å². The molecule has 0 aliphatic carbocycles.